The highest BCUT2D eigenvalue weighted by molar-refractivity contribution is 5.45. The summed E-state index contributed by atoms with van der Waals surface area (Å²) in [6, 6.07) is 0. The van der Waals surface area contributed by atoms with Crippen LogP contribution in [0.1, 0.15) is 39.0 Å². The van der Waals surface area contributed by atoms with Crippen molar-refractivity contribution in [2.24, 2.45) is 17.8 Å². The van der Waals surface area contributed by atoms with Gasteiger partial charge in [-0.2, -0.15) is 0 Å². The average molecular weight is 243 g/mol. The van der Waals surface area contributed by atoms with E-state index in [1.54, 1.807) is 0 Å². The van der Waals surface area contributed by atoms with Gasteiger partial charge in [0.25, 0.3) is 0 Å². The first-order valence-corrected chi connectivity index (χ1v) is 7.53. The van der Waals surface area contributed by atoms with Crippen LogP contribution in [-0.2, 0) is 0 Å². The molecular formula is C17H25N. The van der Waals surface area contributed by atoms with E-state index in [-0.39, 0.29) is 0 Å². The highest BCUT2D eigenvalue weighted by Gasteiger charge is 2.28. The van der Waals surface area contributed by atoms with Crippen molar-refractivity contribution >= 4 is 0 Å². The van der Waals surface area contributed by atoms with Gasteiger partial charge in [0.05, 0.1) is 0 Å². The SMILES string of the molecule is CC(C1C=C2C=CN(C)CC2=CC1)C1CCCC1. The molecule has 0 bridgehead atoms. The molecule has 3 rings (SSSR count). The fourth-order valence-corrected chi connectivity index (χ4v) is 3.85. The molecule has 2 atom stereocenters. The summed E-state index contributed by atoms with van der Waals surface area (Å²) in [6.45, 7) is 3.57. The smallest absolute Gasteiger partial charge is 0.0423 e. The van der Waals surface area contributed by atoms with Crippen molar-refractivity contribution in [3.8, 4) is 0 Å². The second kappa shape index (κ2) is 4.95. The predicted molar refractivity (Wildman–Crippen MR) is 77.2 cm³/mol. The molecule has 2 aliphatic carbocycles. The molecule has 0 amide bonds. The van der Waals surface area contributed by atoms with Crippen LogP contribution >= 0.6 is 0 Å². The van der Waals surface area contributed by atoms with E-state index in [9.17, 15) is 0 Å². The molecule has 1 nitrogen and oxygen atoms in total. The van der Waals surface area contributed by atoms with Gasteiger partial charge in [-0.1, -0.05) is 44.8 Å². The highest BCUT2D eigenvalue weighted by atomic mass is 15.1. The molecule has 1 heterocycles. The summed E-state index contributed by atoms with van der Waals surface area (Å²) >= 11 is 0. The third-order valence-corrected chi connectivity index (χ3v) is 5.15. The Kier molecular flexibility index (Phi) is 3.32. The van der Waals surface area contributed by atoms with Crippen LogP contribution in [0.3, 0.4) is 0 Å². The normalized spacial score (nSPS) is 29.9. The van der Waals surface area contributed by atoms with Gasteiger partial charge in [-0.3, -0.25) is 0 Å². The molecule has 0 N–H and O–H groups in total. The van der Waals surface area contributed by atoms with Crippen molar-refractivity contribution in [2.45, 2.75) is 39.0 Å². The Bertz CT molecular complexity index is 396. The van der Waals surface area contributed by atoms with E-state index >= 15 is 0 Å². The first-order valence-electron chi connectivity index (χ1n) is 7.53. The molecule has 2 unspecified atom stereocenters. The van der Waals surface area contributed by atoms with Crippen LogP contribution in [0.2, 0.25) is 0 Å². The van der Waals surface area contributed by atoms with Crippen molar-refractivity contribution < 1.29 is 0 Å². The lowest BCUT2D eigenvalue weighted by Gasteiger charge is -2.32. The molecule has 1 aliphatic heterocycles. The number of hydrogen-bond donors (Lipinski definition) is 0. The number of nitrogens with zero attached hydrogens (tertiary/aromatic N) is 1. The van der Waals surface area contributed by atoms with Crippen molar-refractivity contribution in [3.63, 3.8) is 0 Å². The lowest BCUT2D eigenvalue weighted by molar-refractivity contribution is 0.287. The number of fused-ring (bicyclic) bond motifs is 1. The molecule has 1 fully saturated rings. The van der Waals surface area contributed by atoms with Crippen molar-refractivity contribution in [3.05, 3.63) is 35.6 Å². The number of likely N-dealkylation sites (N-methyl/N-ethyl adjacent to an activating group) is 1. The Balaban J connectivity index is 1.73. The number of rotatable bonds is 2. The first-order chi connectivity index (χ1) is 8.74. The van der Waals surface area contributed by atoms with Crippen LogP contribution in [0.4, 0.5) is 0 Å². The van der Waals surface area contributed by atoms with Crippen LogP contribution in [0.25, 0.3) is 0 Å². The van der Waals surface area contributed by atoms with Gasteiger partial charge in [-0.25, -0.2) is 0 Å². The summed E-state index contributed by atoms with van der Waals surface area (Å²) in [5.41, 5.74) is 3.03. The first kappa shape index (κ1) is 12.1. The molecule has 1 saturated carbocycles. The van der Waals surface area contributed by atoms with Crippen LogP contribution < -0.4 is 0 Å². The monoisotopic (exact) mass is 243 g/mol. The Hall–Kier alpha value is -0.980. The van der Waals surface area contributed by atoms with Crippen LogP contribution in [0, 0.1) is 17.8 Å². The number of allylic oxidation sites excluding steroid dienone is 3. The minimum Gasteiger partial charge on any atom is -0.376 e. The molecule has 0 radical (unpaired) electrons. The maximum absolute atomic E-state index is 2.56. The minimum atomic E-state index is 0.778. The quantitative estimate of drug-likeness (QED) is 0.704. The van der Waals surface area contributed by atoms with E-state index in [0.29, 0.717) is 0 Å². The van der Waals surface area contributed by atoms with Gasteiger partial charge in [0.1, 0.15) is 0 Å². The van der Waals surface area contributed by atoms with Crippen molar-refractivity contribution in [2.75, 3.05) is 13.6 Å². The molecule has 18 heavy (non-hydrogen) atoms. The molecule has 3 aliphatic rings. The van der Waals surface area contributed by atoms with E-state index < -0.39 is 0 Å². The standard InChI is InChI=1S/C17H25N/c1-13(14-5-3-4-6-14)15-7-8-17-12-18(2)10-9-16(17)11-15/h8-11,13-15H,3-7,12H2,1-2H3. The third-order valence-electron chi connectivity index (χ3n) is 5.15. The summed E-state index contributed by atoms with van der Waals surface area (Å²) in [4.78, 5) is 2.27. The van der Waals surface area contributed by atoms with Crippen LogP contribution in [0.15, 0.2) is 35.6 Å². The van der Waals surface area contributed by atoms with E-state index in [1.807, 2.05) is 0 Å². The van der Waals surface area contributed by atoms with Crippen LogP contribution in [-0.4, -0.2) is 18.5 Å². The second-order valence-corrected chi connectivity index (χ2v) is 6.39. The predicted octanol–water partition coefficient (Wildman–Crippen LogP) is 4.14. The van der Waals surface area contributed by atoms with Gasteiger partial charge in [0.15, 0.2) is 0 Å². The van der Waals surface area contributed by atoms with Gasteiger partial charge < -0.3 is 4.90 Å². The molecule has 0 aromatic heterocycles. The topological polar surface area (TPSA) is 3.24 Å². The van der Waals surface area contributed by atoms with E-state index in [0.717, 1.165) is 24.3 Å². The van der Waals surface area contributed by atoms with Gasteiger partial charge in [0, 0.05) is 13.6 Å². The van der Waals surface area contributed by atoms with Crippen molar-refractivity contribution in [1.29, 1.82) is 0 Å². The van der Waals surface area contributed by atoms with Crippen LogP contribution in [0.5, 0.6) is 0 Å². The summed E-state index contributed by atoms with van der Waals surface area (Å²) in [6.07, 6.45) is 16.7. The molecule has 0 saturated heterocycles. The Morgan fingerprint density at radius 2 is 2.06 bits per heavy atom. The minimum absolute atomic E-state index is 0.778. The Morgan fingerprint density at radius 1 is 1.28 bits per heavy atom. The fraction of sp³-hybridized carbons (Fsp3) is 0.647. The zero-order chi connectivity index (χ0) is 12.5. The summed E-state index contributed by atoms with van der Waals surface area (Å²) in [5, 5.41) is 0. The molecule has 98 valence electrons. The summed E-state index contributed by atoms with van der Waals surface area (Å²) < 4.78 is 0. The Morgan fingerprint density at radius 3 is 2.83 bits per heavy atom. The molecule has 0 spiro atoms. The molecule has 1 heteroatoms. The van der Waals surface area contributed by atoms with Gasteiger partial charge >= 0.3 is 0 Å². The molecular weight excluding hydrogens is 218 g/mol. The maximum Gasteiger partial charge on any atom is 0.0423 e. The van der Waals surface area contributed by atoms with Crippen molar-refractivity contribution in [1.82, 2.24) is 4.90 Å². The van der Waals surface area contributed by atoms with Gasteiger partial charge in [0.2, 0.25) is 0 Å². The Labute approximate surface area is 111 Å². The highest BCUT2D eigenvalue weighted by Crippen LogP contribution is 2.39. The van der Waals surface area contributed by atoms with Gasteiger partial charge in [-0.05, 0) is 47.6 Å². The zero-order valence-electron chi connectivity index (χ0n) is 11.7. The third kappa shape index (κ3) is 2.28. The maximum atomic E-state index is 2.56. The van der Waals surface area contributed by atoms with E-state index in [4.69, 9.17) is 0 Å². The summed E-state index contributed by atoms with van der Waals surface area (Å²) in [5.74, 6) is 2.63. The lowest BCUT2D eigenvalue weighted by atomic mass is 9.76. The summed E-state index contributed by atoms with van der Waals surface area (Å²) in [7, 11) is 2.15. The second-order valence-electron chi connectivity index (χ2n) is 6.39. The van der Waals surface area contributed by atoms with E-state index in [1.165, 1.54) is 43.3 Å². The average Bonchev–Trinajstić information content (AvgIpc) is 2.91. The fourth-order valence-electron chi connectivity index (χ4n) is 3.85. The zero-order valence-corrected chi connectivity index (χ0v) is 11.7. The van der Waals surface area contributed by atoms with Gasteiger partial charge in [-0.15, -0.1) is 0 Å². The largest absolute Gasteiger partial charge is 0.376 e. The lowest BCUT2D eigenvalue weighted by Crippen LogP contribution is -2.24. The number of hydrogen-bond acceptors (Lipinski definition) is 1. The molecule has 0 aromatic carbocycles. The van der Waals surface area contributed by atoms with E-state index in [2.05, 4.69) is 43.3 Å². The molecule has 0 aromatic rings.